The molecule has 4 rings (SSSR count). The second-order valence-electron chi connectivity index (χ2n) is 8.70. The molecule has 0 saturated heterocycles. The van der Waals surface area contributed by atoms with Crippen molar-refractivity contribution >= 4 is 19.6 Å². The van der Waals surface area contributed by atoms with Gasteiger partial charge in [0.05, 0.1) is 6.61 Å². The molecule has 30 heavy (non-hydrogen) atoms. The number of nitrogens with zero attached hydrogens (tertiary/aromatic N) is 1. The second-order valence-corrected chi connectivity index (χ2v) is 11.0. The predicted octanol–water partition coefficient (Wildman–Crippen LogP) is 4.05. The van der Waals surface area contributed by atoms with Gasteiger partial charge in [0.15, 0.2) is 0 Å². The smallest absolute Gasteiger partial charge is 0.323 e. The van der Waals surface area contributed by atoms with E-state index in [0.717, 1.165) is 25.0 Å². The predicted molar refractivity (Wildman–Crippen MR) is 118 cm³/mol. The van der Waals surface area contributed by atoms with Crippen molar-refractivity contribution in [1.29, 1.82) is 0 Å². The molecule has 0 aliphatic heterocycles. The van der Waals surface area contributed by atoms with Crippen molar-refractivity contribution in [2.24, 2.45) is 11.7 Å². The van der Waals surface area contributed by atoms with Crippen LogP contribution in [0.4, 0.5) is 0 Å². The van der Waals surface area contributed by atoms with E-state index in [9.17, 15) is 4.57 Å². The minimum atomic E-state index is -4.48. The minimum absolute atomic E-state index is 0.102. The topological polar surface area (TPSA) is 106 Å². The summed E-state index contributed by atoms with van der Waals surface area (Å²) >= 11 is 1.91. The fraction of sp³-hybridized carbons (Fsp3) is 0.500. The summed E-state index contributed by atoms with van der Waals surface area (Å²) in [6.07, 6.45) is 9.44. The Kier molecular flexibility index (Phi) is 6.68. The second kappa shape index (κ2) is 9.11. The maximum Gasteiger partial charge on any atom is 0.469 e. The van der Waals surface area contributed by atoms with E-state index in [0.29, 0.717) is 24.7 Å². The summed E-state index contributed by atoms with van der Waals surface area (Å²) in [6.45, 7) is -0.102. The first kappa shape index (κ1) is 22.0. The van der Waals surface area contributed by atoms with Crippen LogP contribution in [0.5, 0.6) is 0 Å². The van der Waals surface area contributed by atoms with Crippen molar-refractivity contribution in [3.63, 3.8) is 0 Å². The van der Waals surface area contributed by atoms with E-state index < -0.39 is 13.4 Å². The number of hydrogen-bond donors (Lipinski definition) is 3. The number of fused-ring (bicyclic) bond motifs is 1. The number of benzene rings is 1. The normalized spacial score (nSPS) is 26.5. The number of pyridine rings is 1. The SMILES string of the molecule is N[C@]1(COP(=O)(O)O)CC[C@H](c2ccc3c(c2)CC[C@@H](CSc2ccncc2)C3)C1. The van der Waals surface area contributed by atoms with Gasteiger partial charge in [0.2, 0.25) is 0 Å². The first-order valence-corrected chi connectivity index (χ1v) is 12.9. The molecule has 2 aromatic rings. The standard InChI is InChI=1S/C22H29N2O4PS/c23-22(15-28-29(25,26)27)8-5-20(13-22)19-4-3-17-11-16(1-2-18(17)12-19)14-30-21-6-9-24-10-7-21/h3-4,6-7,9-10,12,16,20H,1-2,5,8,11,13-15,23H2,(H2,25,26,27)/t16-,20+,22-/m1/s1. The number of hydrogen-bond acceptors (Lipinski definition) is 5. The summed E-state index contributed by atoms with van der Waals surface area (Å²) < 4.78 is 15.7. The Hall–Kier alpha value is -1.21. The molecule has 1 aromatic carbocycles. The minimum Gasteiger partial charge on any atom is -0.323 e. The number of thioether (sulfide) groups is 1. The molecular weight excluding hydrogens is 419 g/mol. The Labute approximate surface area is 181 Å². The van der Waals surface area contributed by atoms with Crippen molar-refractivity contribution in [2.75, 3.05) is 12.4 Å². The van der Waals surface area contributed by atoms with Crippen molar-refractivity contribution in [1.82, 2.24) is 4.98 Å². The Bertz CT molecular complexity index is 923. The lowest BCUT2D eigenvalue weighted by Crippen LogP contribution is -2.41. The van der Waals surface area contributed by atoms with Gasteiger partial charge in [-0.1, -0.05) is 18.2 Å². The zero-order chi connectivity index (χ0) is 21.2. The van der Waals surface area contributed by atoms with Crippen LogP contribution in [0.25, 0.3) is 0 Å². The Morgan fingerprint density at radius 2 is 2.00 bits per heavy atom. The van der Waals surface area contributed by atoms with E-state index in [1.165, 1.54) is 28.0 Å². The third-order valence-corrected chi connectivity index (χ3v) is 8.04. The van der Waals surface area contributed by atoms with E-state index >= 15 is 0 Å². The fourth-order valence-electron chi connectivity index (χ4n) is 4.68. The van der Waals surface area contributed by atoms with E-state index in [4.69, 9.17) is 20.0 Å². The van der Waals surface area contributed by atoms with Crippen LogP contribution >= 0.6 is 19.6 Å². The zero-order valence-corrected chi connectivity index (χ0v) is 18.7. The van der Waals surface area contributed by atoms with Crippen LogP contribution in [0, 0.1) is 5.92 Å². The molecule has 162 valence electrons. The molecule has 6 nitrogen and oxygen atoms in total. The monoisotopic (exact) mass is 448 g/mol. The van der Waals surface area contributed by atoms with Crippen molar-refractivity contribution < 1.29 is 18.9 Å². The number of phosphoric acid groups is 1. The molecule has 8 heteroatoms. The van der Waals surface area contributed by atoms with Crippen molar-refractivity contribution in [3.8, 4) is 0 Å². The summed E-state index contributed by atoms with van der Waals surface area (Å²) in [7, 11) is -4.48. The summed E-state index contributed by atoms with van der Waals surface area (Å²) in [4.78, 5) is 23.3. The number of aryl methyl sites for hydroxylation is 1. The van der Waals surface area contributed by atoms with Gasteiger partial charge in [0.1, 0.15) is 0 Å². The Morgan fingerprint density at radius 1 is 1.20 bits per heavy atom. The van der Waals surface area contributed by atoms with E-state index in [2.05, 4.69) is 35.3 Å². The van der Waals surface area contributed by atoms with Crippen LogP contribution in [0.1, 0.15) is 48.3 Å². The quantitative estimate of drug-likeness (QED) is 0.433. The van der Waals surface area contributed by atoms with E-state index in [-0.39, 0.29) is 6.61 Å². The van der Waals surface area contributed by atoms with Crippen LogP contribution in [-0.4, -0.2) is 32.7 Å². The molecule has 0 amide bonds. The van der Waals surface area contributed by atoms with Crippen LogP contribution in [-0.2, 0) is 21.9 Å². The average molecular weight is 449 g/mol. The lowest BCUT2D eigenvalue weighted by molar-refractivity contribution is 0.153. The van der Waals surface area contributed by atoms with Crippen LogP contribution < -0.4 is 5.73 Å². The van der Waals surface area contributed by atoms with Crippen LogP contribution in [0.15, 0.2) is 47.6 Å². The number of phosphoric ester groups is 1. The van der Waals surface area contributed by atoms with Gasteiger partial charge < -0.3 is 15.5 Å². The van der Waals surface area contributed by atoms with Gasteiger partial charge in [-0.2, -0.15) is 0 Å². The summed E-state index contributed by atoms with van der Waals surface area (Å²) in [5.74, 6) is 2.14. The first-order valence-electron chi connectivity index (χ1n) is 10.4. The molecule has 0 radical (unpaired) electrons. The summed E-state index contributed by atoms with van der Waals surface area (Å²) in [6, 6.07) is 11.0. The maximum atomic E-state index is 11.0. The van der Waals surface area contributed by atoms with Crippen molar-refractivity contribution in [2.45, 2.75) is 54.9 Å². The molecule has 1 saturated carbocycles. The zero-order valence-electron chi connectivity index (χ0n) is 16.9. The number of nitrogens with two attached hydrogens (primary N) is 1. The van der Waals surface area contributed by atoms with Crippen molar-refractivity contribution in [3.05, 3.63) is 59.4 Å². The highest BCUT2D eigenvalue weighted by Gasteiger charge is 2.38. The molecule has 0 bridgehead atoms. The molecule has 0 spiro atoms. The highest BCUT2D eigenvalue weighted by atomic mass is 32.2. The molecule has 1 fully saturated rings. The summed E-state index contributed by atoms with van der Waals surface area (Å²) in [5, 5.41) is 0. The largest absolute Gasteiger partial charge is 0.469 e. The highest BCUT2D eigenvalue weighted by molar-refractivity contribution is 7.99. The molecule has 0 unspecified atom stereocenters. The molecule has 1 heterocycles. The van der Waals surface area contributed by atoms with Gasteiger partial charge >= 0.3 is 7.82 Å². The van der Waals surface area contributed by atoms with Gasteiger partial charge in [-0.25, -0.2) is 4.57 Å². The molecular formula is C22H29N2O4PS. The van der Waals surface area contributed by atoms with Crippen LogP contribution in [0.3, 0.4) is 0 Å². The number of rotatable bonds is 7. The third kappa shape index (κ3) is 5.72. The molecule has 2 aliphatic rings. The third-order valence-electron chi connectivity index (χ3n) is 6.33. The molecule has 1 aromatic heterocycles. The fourth-order valence-corrected chi connectivity index (χ4v) is 6.13. The van der Waals surface area contributed by atoms with Gasteiger partial charge in [-0.3, -0.25) is 9.51 Å². The van der Waals surface area contributed by atoms with Crippen LogP contribution in [0.2, 0.25) is 0 Å². The molecule has 4 N–H and O–H groups in total. The summed E-state index contributed by atoms with van der Waals surface area (Å²) in [5.41, 5.74) is 9.87. The van der Waals surface area contributed by atoms with Gasteiger partial charge in [-0.05, 0) is 79.2 Å². The Balaban J connectivity index is 1.34. The van der Waals surface area contributed by atoms with Gasteiger partial charge in [0, 0.05) is 28.6 Å². The number of aromatic nitrogens is 1. The molecule has 2 aliphatic carbocycles. The van der Waals surface area contributed by atoms with Gasteiger partial charge in [0.25, 0.3) is 0 Å². The maximum absolute atomic E-state index is 11.0. The first-order chi connectivity index (χ1) is 14.3. The average Bonchev–Trinajstić information content (AvgIpc) is 3.13. The Morgan fingerprint density at radius 3 is 2.77 bits per heavy atom. The highest BCUT2D eigenvalue weighted by Crippen LogP contribution is 2.44. The van der Waals surface area contributed by atoms with Gasteiger partial charge in [-0.15, -0.1) is 11.8 Å². The van der Waals surface area contributed by atoms with E-state index in [1.807, 2.05) is 24.2 Å². The lowest BCUT2D eigenvalue weighted by atomic mass is 9.82. The lowest BCUT2D eigenvalue weighted by Gasteiger charge is -2.26. The van der Waals surface area contributed by atoms with E-state index in [1.54, 1.807) is 0 Å². The molecule has 3 atom stereocenters.